The molecule has 0 saturated heterocycles. The Balaban J connectivity index is 1.28. The molecule has 27 heavy (non-hydrogen) atoms. The van der Waals surface area contributed by atoms with Crippen LogP contribution in [0.4, 0.5) is 0 Å². The van der Waals surface area contributed by atoms with Gasteiger partial charge in [-0.05, 0) is 36.8 Å². The van der Waals surface area contributed by atoms with Gasteiger partial charge in [0.25, 0.3) is 5.22 Å². The molecule has 7 nitrogen and oxygen atoms in total. The molecule has 0 saturated carbocycles. The molecule has 4 rings (SSSR count). The molecule has 0 atom stereocenters. The van der Waals surface area contributed by atoms with E-state index < -0.39 is 0 Å². The van der Waals surface area contributed by atoms with Gasteiger partial charge in [0.15, 0.2) is 0 Å². The molecule has 0 aliphatic carbocycles. The fourth-order valence-electron chi connectivity index (χ4n) is 2.36. The van der Waals surface area contributed by atoms with Crippen LogP contribution >= 0.6 is 23.4 Å². The summed E-state index contributed by atoms with van der Waals surface area (Å²) in [6, 6.07) is 11.0. The summed E-state index contributed by atoms with van der Waals surface area (Å²) in [6.45, 7) is 0. The number of hydrogen-bond donors (Lipinski definition) is 0. The van der Waals surface area contributed by atoms with Gasteiger partial charge in [0.05, 0.1) is 0 Å². The molecule has 0 spiro atoms. The Kier molecular flexibility index (Phi) is 5.45. The Morgan fingerprint density at radius 3 is 2.78 bits per heavy atom. The quantitative estimate of drug-likeness (QED) is 0.330. The van der Waals surface area contributed by atoms with Gasteiger partial charge in [0, 0.05) is 40.7 Å². The standard InChI is InChI=1S/C18H14ClN5O2S/c19-14-4-1-3-13(11-14)17-22-23-18(25-17)27-10-2-5-15-21-16(24-26-15)12-6-8-20-9-7-12/h1,3-4,6-9,11H,2,5,10H2. The molecule has 0 N–H and O–H groups in total. The lowest BCUT2D eigenvalue weighted by Gasteiger charge is -1.96. The molecule has 136 valence electrons. The van der Waals surface area contributed by atoms with Gasteiger partial charge in [0.1, 0.15) is 0 Å². The lowest BCUT2D eigenvalue weighted by atomic mass is 10.2. The first kappa shape index (κ1) is 17.7. The molecule has 0 amide bonds. The molecule has 0 aliphatic heterocycles. The Morgan fingerprint density at radius 1 is 1.04 bits per heavy atom. The highest BCUT2D eigenvalue weighted by atomic mass is 35.5. The van der Waals surface area contributed by atoms with Crippen molar-refractivity contribution in [3.63, 3.8) is 0 Å². The highest BCUT2D eigenvalue weighted by Crippen LogP contribution is 2.25. The van der Waals surface area contributed by atoms with Gasteiger partial charge in [-0.15, -0.1) is 10.2 Å². The van der Waals surface area contributed by atoms with Crippen molar-refractivity contribution in [2.75, 3.05) is 5.75 Å². The van der Waals surface area contributed by atoms with Crippen molar-refractivity contribution in [3.05, 3.63) is 59.7 Å². The van der Waals surface area contributed by atoms with Crippen molar-refractivity contribution in [1.82, 2.24) is 25.3 Å². The Morgan fingerprint density at radius 2 is 1.93 bits per heavy atom. The van der Waals surface area contributed by atoms with Crippen LogP contribution in [0.2, 0.25) is 5.02 Å². The minimum Gasteiger partial charge on any atom is -0.411 e. The topological polar surface area (TPSA) is 90.7 Å². The van der Waals surface area contributed by atoms with Crippen LogP contribution in [0, 0.1) is 0 Å². The predicted molar refractivity (Wildman–Crippen MR) is 101 cm³/mol. The smallest absolute Gasteiger partial charge is 0.276 e. The summed E-state index contributed by atoms with van der Waals surface area (Å²) in [5.41, 5.74) is 1.69. The molecule has 1 aromatic carbocycles. The number of rotatable bonds is 7. The van der Waals surface area contributed by atoms with Crippen LogP contribution in [0.5, 0.6) is 0 Å². The fraction of sp³-hybridized carbons (Fsp3) is 0.167. The van der Waals surface area contributed by atoms with Gasteiger partial charge in [-0.2, -0.15) is 4.98 Å². The number of thioether (sulfide) groups is 1. The average Bonchev–Trinajstić information content (AvgIpc) is 3.36. The Labute approximate surface area is 164 Å². The van der Waals surface area contributed by atoms with Crippen LogP contribution in [-0.4, -0.2) is 31.1 Å². The normalized spacial score (nSPS) is 11.0. The van der Waals surface area contributed by atoms with Gasteiger partial charge >= 0.3 is 0 Å². The van der Waals surface area contributed by atoms with E-state index in [-0.39, 0.29) is 0 Å². The summed E-state index contributed by atoms with van der Waals surface area (Å²) in [4.78, 5) is 8.38. The highest BCUT2D eigenvalue weighted by Gasteiger charge is 2.11. The van der Waals surface area contributed by atoms with Gasteiger partial charge in [-0.3, -0.25) is 4.98 Å². The monoisotopic (exact) mass is 399 g/mol. The summed E-state index contributed by atoms with van der Waals surface area (Å²) < 4.78 is 11.0. The van der Waals surface area contributed by atoms with Crippen LogP contribution < -0.4 is 0 Å². The second-order valence-corrected chi connectivity index (χ2v) is 7.07. The first-order valence-electron chi connectivity index (χ1n) is 8.23. The number of aromatic nitrogens is 5. The van der Waals surface area contributed by atoms with Crippen molar-refractivity contribution < 1.29 is 8.94 Å². The van der Waals surface area contributed by atoms with E-state index in [0.29, 0.717) is 34.3 Å². The predicted octanol–water partition coefficient (Wildman–Crippen LogP) is 4.56. The highest BCUT2D eigenvalue weighted by molar-refractivity contribution is 7.99. The molecular formula is C18H14ClN5O2S. The molecule has 0 fully saturated rings. The summed E-state index contributed by atoms with van der Waals surface area (Å²) in [5.74, 6) is 2.43. The van der Waals surface area contributed by atoms with E-state index in [1.54, 1.807) is 24.5 Å². The van der Waals surface area contributed by atoms with Crippen LogP contribution in [0.3, 0.4) is 0 Å². The lowest BCUT2D eigenvalue weighted by molar-refractivity contribution is 0.378. The number of pyridine rings is 1. The number of hydrogen-bond acceptors (Lipinski definition) is 8. The SMILES string of the molecule is Clc1cccc(-c2nnc(SCCCc3nc(-c4ccncc4)no3)o2)c1. The van der Waals surface area contributed by atoms with Gasteiger partial charge in [-0.25, -0.2) is 0 Å². The maximum atomic E-state index is 5.98. The van der Waals surface area contributed by atoms with E-state index in [9.17, 15) is 0 Å². The summed E-state index contributed by atoms with van der Waals surface area (Å²) in [7, 11) is 0. The molecule has 0 aliphatic rings. The van der Waals surface area contributed by atoms with Crippen LogP contribution in [0.25, 0.3) is 22.8 Å². The molecule has 3 aromatic heterocycles. The number of benzene rings is 1. The number of aryl methyl sites for hydroxylation is 1. The molecule has 0 bridgehead atoms. The average molecular weight is 400 g/mol. The summed E-state index contributed by atoms with van der Waals surface area (Å²) in [5, 5.41) is 13.3. The Bertz CT molecular complexity index is 1020. The number of halogens is 1. The fourth-order valence-corrected chi connectivity index (χ4v) is 3.25. The third-order valence-corrected chi connectivity index (χ3v) is 4.78. The largest absolute Gasteiger partial charge is 0.411 e. The third kappa shape index (κ3) is 4.53. The van der Waals surface area contributed by atoms with Crippen LogP contribution in [-0.2, 0) is 6.42 Å². The molecule has 0 radical (unpaired) electrons. The minimum atomic E-state index is 0.457. The molecular weight excluding hydrogens is 386 g/mol. The molecule has 0 unspecified atom stereocenters. The Hall–Kier alpha value is -2.71. The van der Waals surface area contributed by atoms with Crippen molar-refractivity contribution in [3.8, 4) is 22.8 Å². The van der Waals surface area contributed by atoms with E-state index in [1.807, 2.05) is 24.3 Å². The molecule has 3 heterocycles. The molecule has 9 heteroatoms. The van der Waals surface area contributed by atoms with E-state index in [1.165, 1.54) is 11.8 Å². The summed E-state index contributed by atoms with van der Waals surface area (Å²) in [6.07, 6.45) is 4.92. The van der Waals surface area contributed by atoms with E-state index in [2.05, 4.69) is 25.3 Å². The second-order valence-electron chi connectivity index (χ2n) is 5.58. The molecule has 4 aromatic rings. The van der Waals surface area contributed by atoms with Gasteiger partial charge in [-0.1, -0.05) is 34.6 Å². The maximum absolute atomic E-state index is 5.98. The maximum Gasteiger partial charge on any atom is 0.276 e. The zero-order valence-electron chi connectivity index (χ0n) is 14.1. The van der Waals surface area contributed by atoms with Crippen molar-refractivity contribution in [1.29, 1.82) is 0 Å². The van der Waals surface area contributed by atoms with E-state index in [4.69, 9.17) is 20.5 Å². The van der Waals surface area contributed by atoms with Crippen molar-refractivity contribution in [2.45, 2.75) is 18.1 Å². The minimum absolute atomic E-state index is 0.457. The zero-order valence-corrected chi connectivity index (χ0v) is 15.7. The van der Waals surface area contributed by atoms with Crippen molar-refractivity contribution >= 4 is 23.4 Å². The van der Waals surface area contributed by atoms with Crippen LogP contribution in [0.1, 0.15) is 12.3 Å². The van der Waals surface area contributed by atoms with Gasteiger partial charge < -0.3 is 8.94 Å². The first-order chi connectivity index (χ1) is 13.3. The first-order valence-corrected chi connectivity index (χ1v) is 9.59. The lowest BCUT2D eigenvalue weighted by Crippen LogP contribution is -1.89. The van der Waals surface area contributed by atoms with Gasteiger partial charge in [0.2, 0.25) is 17.6 Å². The second kappa shape index (κ2) is 8.32. The van der Waals surface area contributed by atoms with E-state index in [0.717, 1.165) is 23.3 Å². The van der Waals surface area contributed by atoms with E-state index >= 15 is 0 Å². The van der Waals surface area contributed by atoms with Crippen LogP contribution in [0.15, 0.2) is 63.0 Å². The zero-order chi connectivity index (χ0) is 18.5. The van der Waals surface area contributed by atoms with Crippen molar-refractivity contribution in [2.24, 2.45) is 0 Å². The number of nitrogens with zero attached hydrogens (tertiary/aromatic N) is 5. The third-order valence-electron chi connectivity index (χ3n) is 3.65. The summed E-state index contributed by atoms with van der Waals surface area (Å²) >= 11 is 7.48.